The summed E-state index contributed by atoms with van der Waals surface area (Å²) in [7, 11) is 0. The lowest BCUT2D eigenvalue weighted by molar-refractivity contribution is -0.0235. The largest absolute Gasteiger partial charge is 0.392 e. The summed E-state index contributed by atoms with van der Waals surface area (Å²) < 4.78 is 0. The molecule has 2 nitrogen and oxygen atoms in total. The van der Waals surface area contributed by atoms with Gasteiger partial charge in [0.15, 0.2) is 0 Å². The number of hydrogen-bond donors (Lipinski definition) is 2. The summed E-state index contributed by atoms with van der Waals surface area (Å²) in [5, 5.41) is 19.6. The lowest BCUT2D eigenvalue weighted by Crippen LogP contribution is -2.39. The quantitative estimate of drug-likeness (QED) is 0.703. The van der Waals surface area contributed by atoms with Crippen molar-refractivity contribution in [3.05, 3.63) is 23.8 Å². The van der Waals surface area contributed by atoms with Crippen LogP contribution in [0.2, 0.25) is 0 Å². The van der Waals surface area contributed by atoms with Gasteiger partial charge < -0.3 is 10.2 Å². The maximum absolute atomic E-state index is 10.5. The highest BCUT2D eigenvalue weighted by atomic mass is 16.3. The van der Waals surface area contributed by atoms with E-state index in [0.29, 0.717) is 0 Å². The number of hydrogen-bond acceptors (Lipinski definition) is 2. The van der Waals surface area contributed by atoms with Crippen LogP contribution >= 0.6 is 0 Å². The van der Waals surface area contributed by atoms with Gasteiger partial charge >= 0.3 is 0 Å². The van der Waals surface area contributed by atoms with E-state index in [1.54, 1.807) is 0 Å². The fourth-order valence-corrected chi connectivity index (χ4v) is 2.67. The highest BCUT2D eigenvalue weighted by molar-refractivity contribution is 5.31. The van der Waals surface area contributed by atoms with E-state index in [4.69, 9.17) is 5.11 Å². The predicted molar refractivity (Wildman–Crippen MR) is 55.8 cm³/mol. The first-order chi connectivity index (χ1) is 6.76. The molecule has 0 heterocycles. The van der Waals surface area contributed by atoms with E-state index in [1.165, 1.54) is 6.42 Å². The second-order valence-corrected chi connectivity index (χ2v) is 4.43. The summed E-state index contributed by atoms with van der Waals surface area (Å²) in [5.41, 5.74) is 0.384. The van der Waals surface area contributed by atoms with Crippen LogP contribution in [0.1, 0.15) is 32.1 Å². The minimum atomic E-state index is -0.584. The standard InChI is InChI=1S/C12H18O2/c13-9-10-5-4-6-11(10)12(14)7-2-1-3-8-12/h4-6,11,13-14H,1-3,7-9H2. The van der Waals surface area contributed by atoms with Gasteiger partial charge in [-0.1, -0.05) is 37.5 Å². The Kier molecular flexibility index (Phi) is 2.75. The molecule has 2 aliphatic rings. The average molecular weight is 194 g/mol. The Morgan fingerprint density at radius 1 is 1.29 bits per heavy atom. The fraction of sp³-hybridized carbons (Fsp3) is 0.667. The van der Waals surface area contributed by atoms with Gasteiger partial charge in [-0.15, -0.1) is 0 Å². The maximum Gasteiger partial charge on any atom is 0.0748 e. The third kappa shape index (κ3) is 1.64. The SMILES string of the molecule is OCC1=CC=CC1C1(O)CCCCC1. The molecule has 2 aliphatic carbocycles. The summed E-state index contributed by atoms with van der Waals surface area (Å²) in [4.78, 5) is 0. The lowest BCUT2D eigenvalue weighted by Gasteiger charge is -2.37. The van der Waals surface area contributed by atoms with Crippen molar-refractivity contribution in [2.45, 2.75) is 37.7 Å². The summed E-state index contributed by atoms with van der Waals surface area (Å²) in [6.07, 6.45) is 11.1. The molecule has 0 spiro atoms. The van der Waals surface area contributed by atoms with E-state index < -0.39 is 5.60 Å². The lowest BCUT2D eigenvalue weighted by atomic mass is 9.74. The minimum Gasteiger partial charge on any atom is -0.392 e. The molecule has 2 rings (SSSR count). The molecule has 0 aromatic carbocycles. The molecule has 0 aliphatic heterocycles. The van der Waals surface area contributed by atoms with Crippen LogP contribution in [-0.4, -0.2) is 22.4 Å². The third-order valence-corrected chi connectivity index (χ3v) is 3.49. The van der Waals surface area contributed by atoms with Crippen LogP contribution in [0, 0.1) is 5.92 Å². The van der Waals surface area contributed by atoms with Crippen LogP contribution in [0.3, 0.4) is 0 Å². The first-order valence-electron chi connectivity index (χ1n) is 5.47. The van der Waals surface area contributed by atoms with Crippen LogP contribution in [0.15, 0.2) is 23.8 Å². The van der Waals surface area contributed by atoms with E-state index in [1.807, 2.05) is 18.2 Å². The molecule has 0 amide bonds. The Bertz CT molecular complexity index is 259. The number of aliphatic hydroxyl groups is 2. The van der Waals surface area contributed by atoms with Gasteiger partial charge in [0, 0.05) is 5.92 Å². The van der Waals surface area contributed by atoms with Crippen molar-refractivity contribution in [1.29, 1.82) is 0 Å². The zero-order chi connectivity index (χ0) is 10.0. The Hall–Kier alpha value is -0.600. The molecule has 0 aromatic heterocycles. The Balaban J connectivity index is 2.13. The van der Waals surface area contributed by atoms with Crippen LogP contribution in [-0.2, 0) is 0 Å². The van der Waals surface area contributed by atoms with E-state index >= 15 is 0 Å². The average Bonchev–Trinajstić information content (AvgIpc) is 2.67. The molecule has 1 fully saturated rings. The molecular weight excluding hydrogens is 176 g/mol. The summed E-state index contributed by atoms with van der Waals surface area (Å²) in [6, 6.07) is 0. The number of aliphatic hydroxyl groups excluding tert-OH is 1. The Morgan fingerprint density at radius 3 is 2.64 bits per heavy atom. The normalized spacial score (nSPS) is 30.4. The molecule has 2 heteroatoms. The van der Waals surface area contributed by atoms with E-state index in [2.05, 4.69) is 0 Å². The van der Waals surface area contributed by atoms with Crippen molar-refractivity contribution in [2.24, 2.45) is 5.92 Å². The van der Waals surface area contributed by atoms with Crippen molar-refractivity contribution < 1.29 is 10.2 Å². The molecule has 0 aromatic rings. The summed E-state index contributed by atoms with van der Waals surface area (Å²) in [6.45, 7) is 0.0694. The van der Waals surface area contributed by atoms with E-state index in [-0.39, 0.29) is 12.5 Å². The molecule has 78 valence electrons. The van der Waals surface area contributed by atoms with Crippen molar-refractivity contribution in [1.82, 2.24) is 0 Å². The van der Waals surface area contributed by atoms with E-state index in [0.717, 1.165) is 31.3 Å². The van der Waals surface area contributed by atoms with E-state index in [9.17, 15) is 5.11 Å². The highest BCUT2D eigenvalue weighted by Crippen LogP contribution is 2.40. The zero-order valence-electron chi connectivity index (χ0n) is 8.45. The number of rotatable bonds is 2. The molecule has 14 heavy (non-hydrogen) atoms. The minimum absolute atomic E-state index is 0.0628. The van der Waals surface area contributed by atoms with Gasteiger partial charge in [-0.2, -0.15) is 0 Å². The van der Waals surface area contributed by atoms with Gasteiger partial charge in [-0.3, -0.25) is 0 Å². The molecule has 0 bridgehead atoms. The smallest absolute Gasteiger partial charge is 0.0748 e. The molecule has 2 N–H and O–H groups in total. The first kappa shape index (κ1) is 9.94. The summed E-state index contributed by atoms with van der Waals surface area (Å²) in [5.74, 6) is 0.0628. The Morgan fingerprint density at radius 2 is 2.00 bits per heavy atom. The molecule has 1 saturated carbocycles. The highest BCUT2D eigenvalue weighted by Gasteiger charge is 2.38. The molecule has 1 unspecified atom stereocenters. The molecule has 1 atom stereocenters. The third-order valence-electron chi connectivity index (χ3n) is 3.49. The second kappa shape index (κ2) is 3.87. The van der Waals surface area contributed by atoms with Crippen LogP contribution in [0.4, 0.5) is 0 Å². The fourth-order valence-electron chi connectivity index (χ4n) is 2.67. The second-order valence-electron chi connectivity index (χ2n) is 4.43. The first-order valence-corrected chi connectivity index (χ1v) is 5.47. The maximum atomic E-state index is 10.5. The number of allylic oxidation sites excluding steroid dienone is 2. The zero-order valence-corrected chi connectivity index (χ0v) is 8.45. The van der Waals surface area contributed by atoms with Crippen molar-refractivity contribution in [3.8, 4) is 0 Å². The van der Waals surface area contributed by atoms with Gasteiger partial charge in [-0.25, -0.2) is 0 Å². The van der Waals surface area contributed by atoms with Gasteiger partial charge in [0.05, 0.1) is 12.2 Å². The molecule has 0 saturated heterocycles. The van der Waals surface area contributed by atoms with Gasteiger partial charge in [-0.05, 0) is 18.4 Å². The van der Waals surface area contributed by atoms with Crippen molar-refractivity contribution >= 4 is 0 Å². The van der Waals surface area contributed by atoms with Gasteiger partial charge in [0.25, 0.3) is 0 Å². The topological polar surface area (TPSA) is 40.5 Å². The van der Waals surface area contributed by atoms with Crippen molar-refractivity contribution in [2.75, 3.05) is 6.61 Å². The summed E-state index contributed by atoms with van der Waals surface area (Å²) >= 11 is 0. The van der Waals surface area contributed by atoms with Crippen molar-refractivity contribution in [3.63, 3.8) is 0 Å². The molecule has 0 radical (unpaired) electrons. The predicted octanol–water partition coefficient (Wildman–Crippen LogP) is 1.79. The molecular formula is C12H18O2. The Labute approximate surface area is 85.0 Å². The van der Waals surface area contributed by atoms with Gasteiger partial charge in [0.2, 0.25) is 0 Å². The monoisotopic (exact) mass is 194 g/mol. The van der Waals surface area contributed by atoms with Crippen LogP contribution in [0.5, 0.6) is 0 Å². The van der Waals surface area contributed by atoms with Crippen LogP contribution < -0.4 is 0 Å². The van der Waals surface area contributed by atoms with Crippen LogP contribution in [0.25, 0.3) is 0 Å². The van der Waals surface area contributed by atoms with Gasteiger partial charge in [0.1, 0.15) is 0 Å².